The molecule has 2 aliphatic rings. The van der Waals surface area contributed by atoms with Gasteiger partial charge in [-0.05, 0) is 61.8 Å². The van der Waals surface area contributed by atoms with Crippen molar-refractivity contribution in [1.82, 2.24) is 4.90 Å². The molecule has 0 saturated heterocycles. The fraction of sp³-hybridized carbons (Fsp3) is 0.571. The van der Waals surface area contributed by atoms with Crippen molar-refractivity contribution in [3.63, 3.8) is 0 Å². The number of phenols is 1. The molecule has 2 atom stereocenters. The predicted octanol–water partition coefficient (Wildman–Crippen LogP) is 4.51. The number of carbonyl (C=O) groups is 1. The number of rotatable bonds is 15. The molecule has 192 valence electrons. The third kappa shape index (κ3) is 7.94. The summed E-state index contributed by atoms with van der Waals surface area (Å²) in [5.74, 6) is 1.01. The van der Waals surface area contributed by atoms with Gasteiger partial charge in [0, 0.05) is 30.3 Å². The molecular formula is C28H40N2O5. The van der Waals surface area contributed by atoms with Crippen molar-refractivity contribution in [2.75, 3.05) is 13.3 Å². The molecule has 2 heterocycles. The molecule has 0 unspecified atom stereocenters. The van der Waals surface area contributed by atoms with Crippen LogP contribution in [0.15, 0.2) is 46.7 Å². The molecule has 0 radical (unpaired) electrons. The monoisotopic (exact) mass is 484 g/mol. The topological polar surface area (TPSA) is 103 Å². The van der Waals surface area contributed by atoms with Crippen molar-refractivity contribution in [3.05, 3.63) is 47.3 Å². The zero-order valence-corrected chi connectivity index (χ0v) is 21.2. The van der Waals surface area contributed by atoms with Crippen LogP contribution in [0, 0.1) is 5.92 Å². The molecule has 3 rings (SSSR count). The number of ether oxygens (including phenoxy) is 1. The molecule has 3 N–H and O–H groups in total. The molecule has 7 heteroatoms. The second-order valence-corrected chi connectivity index (χ2v) is 10.0. The highest BCUT2D eigenvalue weighted by Crippen LogP contribution is 2.32. The Kier molecular flexibility index (Phi) is 9.93. The first-order valence-corrected chi connectivity index (χ1v) is 12.8. The van der Waals surface area contributed by atoms with Crippen LogP contribution in [0.5, 0.6) is 11.5 Å². The normalized spacial score (nSPS) is 16.6. The van der Waals surface area contributed by atoms with E-state index < -0.39 is 12.2 Å². The van der Waals surface area contributed by atoms with E-state index in [1.54, 1.807) is 18.2 Å². The highest BCUT2D eigenvalue weighted by atomic mass is 16.5. The van der Waals surface area contributed by atoms with Crippen molar-refractivity contribution >= 4 is 11.5 Å². The zero-order chi connectivity index (χ0) is 25.4. The highest BCUT2D eigenvalue weighted by Gasteiger charge is 2.28. The number of aryl methyl sites for hydroxylation is 1. The minimum Gasteiger partial charge on any atom is -0.504 e. The summed E-state index contributed by atoms with van der Waals surface area (Å²) in [5.41, 5.74) is 4.37. The summed E-state index contributed by atoms with van der Waals surface area (Å²) in [6.07, 6.45) is 7.07. The number of Topliss-reactive ketones (excluding diaryl/α,β-unsaturated/α-hetero) is 1. The maximum Gasteiger partial charge on any atom is 0.163 e. The summed E-state index contributed by atoms with van der Waals surface area (Å²) in [6.45, 7) is 7.41. The standard InChI is InChI=1S/C28H40N2O5/c1-4-5-21(31)15-23(33)16-22(32)9-7-20-8-11-27(34)28(14-20)35-18-30-17-25-24(12-13-29-25)26(30)10-6-19(2)3/h8,11-14,19,21,23,31,33-34H,4-7,9-10,15-18H2,1-3H3/t21-,23+/m0/s1. The highest BCUT2D eigenvalue weighted by molar-refractivity contribution is 6.08. The lowest BCUT2D eigenvalue weighted by Gasteiger charge is -2.23. The molecule has 0 fully saturated rings. The van der Waals surface area contributed by atoms with Crippen LogP contribution in [0.3, 0.4) is 0 Å². The third-order valence-corrected chi connectivity index (χ3v) is 6.50. The SMILES string of the molecule is CCC[C@H](O)C[C@@H](O)CC(=O)CCc1ccc(O)c(OCN2CC3=NC=CC3=C2CCC(C)C)c1. The fourth-order valence-corrected chi connectivity index (χ4v) is 4.52. The van der Waals surface area contributed by atoms with Crippen molar-refractivity contribution in [2.45, 2.75) is 84.3 Å². The Bertz CT molecular complexity index is 966. The molecule has 0 aliphatic carbocycles. The molecule has 1 aromatic rings. The van der Waals surface area contributed by atoms with Crippen LogP contribution in [0.25, 0.3) is 0 Å². The summed E-state index contributed by atoms with van der Waals surface area (Å²) in [7, 11) is 0. The van der Waals surface area contributed by atoms with Crippen LogP contribution in [0.1, 0.15) is 71.3 Å². The van der Waals surface area contributed by atoms with E-state index in [2.05, 4.69) is 29.8 Å². The lowest BCUT2D eigenvalue weighted by atomic mass is 10.00. The maximum atomic E-state index is 12.3. The van der Waals surface area contributed by atoms with Gasteiger partial charge in [0.05, 0.1) is 24.5 Å². The second-order valence-electron chi connectivity index (χ2n) is 10.0. The fourth-order valence-electron chi connectivity index (χ4n) is 4.52. The molecular weight excluding hydrogens is 444 g/mol. The van der Waals surface area contributed by atoms with Crippen LogP contribution in [-0.4, -0.2) is 57.2 Å². The van der Waals surface area contributed by atoms with Crippen LogP contribution >= 0.6 is 0 Å². The number of hydrogen-bond donors (Lipinski definition) is 3. The number of nitrogens with zero attached hydrogens (tertiary/aromatic N) is 2. The largest absolute Gasteiger partial charge is 0.504 e. The van der Waals surface area contributed by atoms with Gasteiger partial charge in [0.25, 0.3) is 0 Å². The van der Waals surface area contributed by atoms with E-state index in [4.69, 9.17) is 4.74 Å². The van der Waals surface area contributed by atoms with E-state index >= 15 is 0 Å². The molecule has 0 bridgehead atoms. The first-order valence-electron chi connectivity index (χ1n) is 12.8. The quantitative estimate of drug-likeness (QED) is 0.339. The molecule has 2 aliphatic heterocycles. The van der Waals surface area contributed by atoms with Crippen molar-refractivity contribution in [3.8, 4) is 11.5 Å². The van der Waals surface area contributed by atoms with Crippen molar-refractivity contribution in [1.29, 1.82) is 0 Å². The Hall–Kier alpha value is -2.64. The molecule has 35 heavy (non-hydrogen) atoms. The van der Waals surface area contributed by atoms with E-state index in [1.165, 1.54) is 11.3 Å². The van der Waals surface area contributed by atoms with Crippen LogP contribution in [-0.2, 0) is 11.2 Å². The first kappa shape index (κ1) is 27.0. The molecule has 0 amide bonds. The van der Waals surface area contributed by atoms with Gasteiger partial charge in [-0.3, -0.25) is 9.79 Å². The summed E-state index contributed by atoms with van der Waals surface area (Å²) in [6, 6.07) is 5.15. The maximum absolute atomic E-state index is 12.3. The first-order chi connectivity index (χ1) is 16.8. The summed E-state index contributed by atoms with van der Waals surface area (Å²) in [5, 5.41) is 30.2. The number of benzene rings is 1. The molecule has 0 spiro atoms. The van der Waals surface area contributed by atoms with Crippen molar-refractivity contribution < 1.29 is 24.9 Å². The van der Waals surface area contributed by atoms with E-state index in [-0.39, 0.29) is 30.8 Å². The minimum absolute atomic E-state index is 0.0450. The van der Waals surface area contributed by atoms with Gasteiger partial charge < -0.3 is 25.0 Å². The lowest BCUT2D eigenvalue weighted by Crippen LogP contribution is -2.27. The number of carbonyl (C=O) groups excluding carboxylic acids is 1. The molecule has 7 nitrogen and oxygen atoms in total. The Labute approximate surface area is 208 Å². The van der Waals surface area contributed by atoms with Gasteiger partial charge in [0.1, 0.15) is 5.78 Å². The van der Waals surface area contributed by atoms with E-state index in [9.17, 15) is 20.1 Å². The number of allylic oxidation sites excluding steroid dienone is 2. The van der Waals surface area contributed by atoms with Gasteiger partial charge in [-0.25, -0.2) is 0 Å². The van der Waals surface area contributed by atoms with E-state index in [0.29, 0.717) is 37.8 Å². The second kappa shape index (κ2) is 12.9. The third-order valence-electron chi connectivity index (χ3n) is 6.50. The number of hydrogen-bond acceptors (Lipinski definition) is 7. The van der Waals surface area contributed by atoms with E-state index in [0.717, 1.165) is 30.5 Å². The van der Waals surface area contributed by atoms with Gasteiger partial charge in [-0.1, -0.05) is 33.3 Å². The Morgan fingerprint density at radius 1 is 1.17 bits per heavy atom. The smallest absolute Gasteiger partial charge is 0.163 e. The van der Waals surface area contributed by atoms with Crippen LogP contribution in [0.2, 0.25) is 0 Å². The number of fused-ring (bicyclic) bond motifs is 1. The van der Waals surface area contributed by atoms with Crippen molar-refractivity contribution in [2.24, 2.45) is 10.9 Å². The number of aliphatic hydroxyl groups is 2. The summed E-state index contributed by atoms with van der Waals surface area (Å²) >= 11 is 0. The Balaban J connectivity index is 1.53. The lowest BCUT2D eigenvalue weighted by molar-refractivity contribution is -0.121. The number of aliphatic imine (C=N–C) groups is 1. The zero-order valence-electron chi connectivity index (χ0n) is 21.2. The predicted molar refractivity (Wildman–Crippen MR) is 137 cm³/mol. The number of aliphatic hydroxyl groups excluding tert-OH is 2. The van der Waals surface area contributed by atoms with Gasteiger partial charge in [-0.15, -0.1) is 0 Å². The Morgan fingerprint density at radius 3 is 2.71 bits per heavy atom. The summed E-state index contributed by atoms with van der Waals surface area (Å²) in [4.78, 5) is 18.9. The van der Waals surface area contributed by atoms with Gasteiger partial charge in [0.15, 0.2) is 18.2 Å². The molecule has 1 aromatic carbocycles. The minimum atomic E-state index is -0.818. The average Bonchev–Trinajstić information content (AvgIpc) is 3.37. The van der Waals surface area contributed by atoms with E-state index in [1.807, 2.05) is 13.1 Å². The Morgan fingerprint density at radius 2 is 1.97 bits per heavy atom. The number of phenolic OH excluding ortho intramolecular Hbond substituents is 1. The van der Waals surface area contributed by atoms with Gasteiger partial charge >= 0.3 is 0 Å². The summed E-state index contributed by atoms with van der Waals surface area (Å²) < 4.78 is 6.01. The number of aromatic hydroxyl groups is 1. The van der Waals surface area contributed by atoms with Gasteiger partial charge in [-0.2, -0.15) is 0 Å². The number of ketones is 1. The molecule has 0 aromatic heterocycles. The average molecular weight is 485 g/mol. The molecule has 0 saturated carbocycles. The van der Waals surface area contributed by atoms with Gasteiger partial charge in [0.2, 0.25) is 0 Å². The van der Waals surface area contributed by atoms with Crippen LogP contribution < -0.4 is 4.74 Å². The van der Waals surface area contributed by atoms with Crippen LogP contribution in [0.4, 0.5) is 0 Å².